The Morgan fingerprint density at radius 3 is 2.62 bits per heavy atom. The lowest BCUT2D eigenvalue weighted by Crippen LogP contribution is -2.38. The molecule has 2 rings (SSSR count). The van der Waals surface area contributed by atoms with Gasteiger partial charge in [-0.15, -0.1) is 0 Å². The Labute approximate surface area is 126 Å². The number of nitrogens with two attached hydrogens (primary N) is 1. The van der Waals surface area contributed by atoms with Gasteiger partial charge in [-0.2, -0.15) is 9.57 Å². The monoisotopic (exact) mass is 307 g/mol. The summed E-state index contributed by atoms with van der Waals surface area (Å²) in [6.45, 7) is 3.21. The molecule has 6 heteroatoms. The van der Waals surface area contributed by atoms with Gasteiger partial charge >= 0.3 is 0 Å². The van der Waals surface area contributed by atoms with E-state index >= 15 is 0 Å². The molecule has 0 amide bonds. The number of hydrogen-bond acceptors (Lipinski definition) is 4. The molecule has 21 heavy (non-hydrogen) atoms. The molecule has 0 unspecified atom stereocenters. The maximum absolute atomic E-state index is 12.7. The Kier molecular flexibility index (Phi) is 4.86. The number of nitrogen functional groups attached to an aromatic ring is 1. The number of anilines is 1. The Balaban J connectivity index is 2.22. The first kappa shape index (κ1) is 15.8. The molecule has 0 aromatic heterocycles. The van der Waals surface area contributed by atoms with Crippen LogP contribution in [0.25, 0.3) is 0 Å². The van der Waals surface area contributed by atoms with Crippen molar-refractivity contribution in [1.29, 1.82) is 5.26 Å². The van der Waals surface area contributed by atoms with E-state index in [2.05, 4.69) is 6.92 Å². The topological polar surface area (TPSA) is 87.2 Å². The zero-order chi connectivity index (χ0) is 15.5. The average Bonchev–Trinajstić information content (AvgIpc) is 2.47. The van der Waals surface area contributed by atoms with E-state index < -0.39 is 10.0 Å². The van der Waals surface area contributed by atoms with Crippen LogP contribution >= 0.6 is 0 Å². The Hall–Kier alpha value is -1.58. The fourth-order valence-corrected chi connectivity index (χ4v) is 4.44. The summed E-state index contributed by atoms with van der Waals surface area (Å²) in [5, 5.41) is 9.13. The third-order valence-electron chi connectivity index (χ3n) is 4.01. The summed E-state index contributed by atoms with van der Waals surface area (Å²) in [4.78, 5) is 0.0631. The molecule has 1 aliphatic heterocycles. The Morgan fingerprint density at radius 2 is 2.05 bits per heavy atom. The molecular weight excluding hydrogens is 286 g/mol. The van der Waals surface area contributed by atoms with Crippen molar-refractivity contribution in [2.24, 2.45) is 5.92 Å². The zero-order valence-corrected chi connectivity index (χ0v) is 13.1. The normalized spacial score (nSPS) is 17.5. The molecule has 1 saturated heterocycles. The highest BCUT2D eigenvalue weighted by Gasteiger charge is 2.30. The second kappa shape index (κ2) is 6.46. The number of sulfonamides is 1. The van der Waals surface area contributed by atoms with E-state index in [1.807, 2.05) is 6.07 Å². The van der Waals surface area contributed by atoms with Crippen molar-refractivity contribution in [2.75, 3.05) is 18.8 Å². The van der Waals surface area contributed by atoms with E-state index in [4.69, 9.17) is 11.0 Å². The standard InChI is InChI=1S/C15H21N3O2S/c1-2-3-12-6-8-18(9-7-12)21(19,20)15-5-4-14(17)10-13(15)11-16/h4-5,10,12H,2-3,6-9,17H2,1H3. The van der Waals surface area contributed by atoms with Crippen molar-refractivity contribution in [1.82, 2.24) is 4.31 Å². The van der Waals surface area contributed by atoms with Crippen LogP contribution in [0, 0.1) is 17.2 Å². The number of benzene rings is 1. The van der Waals surface area contributed by atoms with E-state index in [0.717, 1.165) is 25.7 Å². The molecule has 0 spiro atoms. The van der Waals surface area contributed by atoms with E-state index in [1.165, 1.54) is 22.5 Å². The molecule has 0 radical (unpaired) electrons. The third kappa shape index (κ3) is 3.36. The van der Waals surface area contributed by atoms with Crippen LogP contribution in [0.15, 0.2) is 23.1 Å². The summed E-state index contributed by atoms with van der Waals surface area (Å²) in [6, 6.07) is 6.30. The van der Waals surface area contributed by atoms with Gasteiger partial charge in [0, 0.05) is 18.8 Å². The minimum Gasteiger partial charge on any atom is -0.399 e. The molecular formula is C15H21N3O2S. The first-order valence-electron chi connectivity index (χ1n) is 7.28. The smallest absolute Gasteiger partial charge is 0.244 e. The van der Waals surface area contributed by atoms with Crippen LogP contribution in [0.3, 0.4) is 0 Å². The van der Waals surface area contributed by atoms with E-state index in [0.29, 0.717) is 24.7 Å². The molecule has 5 nitrogen and oxygen atoms in total. The first-order chi connectivity index (χ1) is 9.98. The van der Waals surface area contributed by atoms with Gasteiger partial charge in [-0.3, -0.25) is 0 Å². The van der Waals surface area contributed by atoms with Crippen LogP contribution in [0.4, 0.5) is 5.69 Å². The molecule has 0 saturated carbocycles. The minimum atomic E-state index is -3.60. The molecule has 0 atom stereocenters. The Bertz CT molecular complexity index is 641. The molecule has 1 heterocycles. The molecule has 0 aliphatic carbocycles. The average molecular weight is 307 g/mol. The minimum absolute atomic E-state index is 0.0631. The van der Waals surface area contributed by atoms with Gasteiger partial charge in [-0.05, 0) is 37.0 Å². The fourth-order valence-electron chi connectivity index (χ4n) is 2.85. The molecule has 1 fully saturated rings. The van der Waals surface area contributed by atoms with Crippen LogP contribution in [0.2, 0.25) is 0 Å². The lowest BCUT2D eigenvalue weighted by Gasteiger charge is -2.31. The van der Waals surface area contributed by atoms with Crippen molar-refractivity contribution in [3.05, 3.63) is 23.8 Å². The van der Waals surface area contributed by atoms with Crippen LogP contribution in [-0.2, 0) is 10.0 Å². The largest absolute Gasteiger partial charge is 0.399 e. The summed E-state index contributed by atoms with van der Waals surface area (Å²) in [5.74, 6) is 0.614. The number of hydrogen-bond donors (Lipinski definition) is 1. The second-order valence-electron chi connectivity index (χ2n) is 5.50. The molecule has 1 aromatic rings. The van der Waals surface area contributed by atoms with Gasteiger partial charge in [0.1, 0.15) is 11.0 Å². The molecule has 1 aromatic carbocycles. The van der Waals surface area contributed by atoms with Gasteiger partial charge in [-0.25, -0.2) is 8.42 Å². The van der Waals surface area contributed by atoms with Gasteiger partial charge in [0.2, 0.25) is 10.0 Å². The van der Waals surface area contributed by atoms with Gasteiger partial charge in [0.05, 0.1) is 5.56 Å². The number of piperidine rings is 1. The van der Waals surface area contributed by atoms with E-state index in [9.17, 15) is 8.42 Å². The van der Waals surface area contributed by atoms with Gasteiger partial charge in [0.15, 0.2) is 0 Å². The highest BCUT2D eigenvalue weighted by molar-refractivity contribution is 7.89. The summed E-state index contributed by atoms with van der Waals surface area (Å²) in [7, 11) is -3.60. The van der Waals surface area contributed by atoms with E-state index in [1.54, 1.807) is 0 Å². The van der Waals surface area contributed by atoms with Crippen LogP contribution in [0.5, 0.6) is 0 Å². The molecule has 1 aliphatic rings. The van der Waals surface area contributed by atoms with Crippen molar-refractivity contribution in [3.8, 4) is 6.07 Å². The van der Waals surface area contributed by atoms with Crippen LogP contribution in [-0.4, -0.2) is 25.8 Å². The van der Waals surface area contributed by atoms with Crippen molar-refractivity contribution in [2.45, 2.75) is 37.5 Å². The lowest BCUT2D eigenvalue weighted by molar-refractivity contribution is 0.262. The quantitative estimate of drug-likeness (QED) is 0.865. The maximum atomic E-state index is 12.7. The van der Waals surface area contributed by atoms with Gasteiger partial charge in [0.25, 0.3) is 0 Å². The summed E-state index contributed by atoms with van der Waals surface area (Å²) in [5.41, 5.74) is 6.13. The van der Waals surface area contributed by atoms with Gasteiger partial charge in [-0.1, -0.05) is 19.8 Å². The van der Waals surface area contributed by atoms with Crippen molar-refractivity contribution < 1.29 is 8.42 Å². The van der Waals surface area contributed by atoms with E-state index in [-0.39, 0.29) is 10.5 Å². The second-order valence-corrected chi connectivity index (χ2v) is 7.41. The predicted octanol–water partition coefficient (Wildman–Crippen LogP) is 2.34. The molecule has 114 valence electrons. The third-order valence-corrected chi connectivity index (χ3v) is 5.97. The number of rotatable bonds is 4. The Morgan fingerprint density at radius 1 is 1.38 bits per heavy atom. The fraction of sp³-hybridized carbons (Fsp3) is 0.533. The van der Waals surface area contributed by atoms with Crippen molar-refractivity contribution >= 4 is 15.7 Å². The highest BCUT2D eigenvalue weighted by atomic mass is 32.2. The molecule has 0 bridgehead atoms. The summed E-state index contributed by atoms with van der Waals surface area (Å²) < 4.78 is 26.8. The highest BCUT2D eigenvalue weighted by Crippen LogP contribution is 2.28. The summed E-state index contributed by atoms with van der Waals surface area (Å²) >= 11 is 0. The summed E-state index contributed by atoms with van der Waals surface area (Å²) in [6.07, 6.45) is 4.07. The lowest BCUT2D eigenvalue weighted by atomic mass is 9.94. The van der Waals surface area contributed by atoms with Gasteiger partial charge < -0.3 is 5.73 Å². The molecule has 2 N–H and O–H groups in total. The number of nitriles is 1. The van der Waals surface area contributed by atoms with Crippen LogP contribution < -0.4 is 5.73 Å². The van der Waals surface area contributed by atoms with Crippen LogP contribution in [0.1, 0.15) is 38.2 Å². The SMILES string of the molecule is CCCC1CCN(S(=O)(=O)c2ccc(N)cc2C#N)CC1. The van der Waals surface area contributed by atoms with Crippen molar-refractivity contribution in [3.63, 3.8) is 0 Å². The first-order valence-corrected chi connectivity index (χ1v) is 8.72. The predicted molar refractivity (Wildman–Crippen MR) is 82.0 cm³/mol. The maximum Gasteiger partial charge on any atom is 0.244 e. The zero-order valence-electron chi connectivity index (χ0n) is 12.2. The number of nitrogens with zero attached hydrogens (tertiary/aromatic N) is 2.